The smallest absolute Gasteiger partial charge is 0.345 e. The Morgan fingerprint density at radius 1 is 1.18 bits per heavy atom. The zero-order chi connectivity index (χ0) is 19.7. The molecule has 0 spiro atoms. The summed E-state index contributed by atoms with van der Waals surface area (Å²) in [4.78, 5) is 16.8. The number of halogens is 3. The van der Waals surface area contributed by atoms with Gasteiger partial charge in [-0.2, -0.15) is 5.10 Å². The second-order valence-corrected chi connectivity index (χ2v) is 8.78. The highest BCUT2D eigenvalue weighted by molar-refractivity contribution is 9.11. The molecule has 9 heteroatoms. The molecule has 4 rings (SSSR count). The van der Waals surface area contributed by atoms with Crippen molar-refractivity contribution in [3.63, 3.8) is 0 Å². The van der Waals surface area contributed by atoms with Gasteiger partial charge in [-0.25, -0.2) is 9.78 Å². The third-order valence-corrected chi connectivity index (χ3v) is 5.82. The summed E-state index contributed by atoms with van der Waals surface area (Å²) in [5.41, 5.74) is 4.74. The fourth-order valence-corrected chi connectivity index (χ4v) is 4.62. The number of hydrogen-bond acceptors (Lipinski definition) is 6. The van der Waals surface area contributed by atoms with Crippen molar-refractivity contribution < 1.29 is 4.42 Å². The SMILES string of the molecule is O=c1oc2c(Br)cc(Br)cc2cc1-c1csc(NN=Cc2ccc(Cl)cc2)n1. The number of aromatic nitrogens is 1. The minimum atomic E-state index is -0.447. The topological polar surface area (TPSA) is 67.5 Å². The molecule has 0 saturated carbocycles. The van der Waals surface area contributed by atoms with E-state index in [0.717, 1.165) is 15.4 Å². The van der Waals surface area contributed by atoms with Gasteiger partial charge in [0.15, 0.2) is 5.58 Å². The van der Waals surface area contributed by atoms with Crippen LogP contribution in [0.25, 0.3) is 22.2 Å². The normalized spacial score (nSPS) is 11.4. The van der Waals surface area contributed by atoms with Crippen LogP contribution in [-0.4, -0.2) is 11.2 Å². The van der Waals surface area contributed by atoms with Crippen molar-refractivity contribution in [1.29, 1.82) is 0 Å². The molecule has 0 saturated heterocycles. The first kappa shape index (κ1) is 19.3. The Kier molecular flexibility index (Phi) is 5.63. The quantitative estimate of drug-likeness (QED) is 0.182. The van der Waals surface area contributed by atoms with E-state index in [1.165, 1.54) is 11.3 Å². The van der Waals surface area contributed by atoms with E-state index in [2.05, 4.69) is 47.4 Å². The summed E-state index contributed by atoms with van der Waals surface area (Å²) in [6.07, 6.45) is 1.66. The van der Waals surface area contributed by atoms with E-state index in [-0.39, 0.29) is 0 Å². The summed E-state index contributed by atoms with van der Waals surface area (Å²) in [5.74, 6) is 0. The van der Waals surface area contributed by atoms with Crippen LogP contribution in [0.3, 0.4) is 0 Å². The lowest BCUT2D eigenvalue weighted by molar-refractivity contribution is 0.561. The van der Waals surface area contributed by atoms with Crippen LogP contribution in [0.1, 0.15) is 5.56 Å². The van der Waals surface area contributed by atoms with Crippen molar-refractivity contribution in [3.8, 4) is 11.3 Å². The van der Waals surface area contributed by atoms with E-state index < -0.39 is 5.63 Å². The van der Waals surface area contributed by atoms with E-state index in [1.54, 1.807) is 29.8 Å². The van der Waals surface area contributed by atoms with Crippen molar-refractivity contribution in [1.82, 2.24) is 4.98 Å². The maximum Gasteiger partial charge on any atom is 0.345 e. The standard InChI is InChI=1S/C19H10Br2ClN3O2S/c20-12-5-11-6-14(18(26)27-17(11)15(21)7-12)16-9-28-19(24-16)25-23-8-10-1-3-13(22)4-2-10/h1-9H,(H,24,25). The van der Waals surface area contributed by atoms with Gasteiger partial charge in [0, 0.05) is 20.3 Å². The molecule has 28 heavy (non-hydrogen) atoms. The number of fused-ring (bicyclic) bond motifs is 1. The molecule has 0 unspecified atom stereocenters. The van der Waals surface area contributed by atoms with E-state index in [9.17, 15) is 4.79 Å². The molecular weight excluding hydrogens is 530 g/mol. The Hall–Kier alpha value is -2.00. The summed E-state index contributed by atoms with van der Waals surface area (Å²) >= 11 is 14.1. The Morgan fingerprint density at radius 2 is 1.96 bits per heavy atom. The third-order valence-electron chi connectivity index (χ3n) is 3.78. The molecule has 0 aliphatic carbocycles. The number of nitrogens with zero attached hydrogens (tertiary/aromatic N) is 2. The molecule has 0 bridgehead atoms. The van der Waals surface area contributed by atoms with E-state index in [0.29, 0.717) is 31.5 Å². The van der Waals surface area contributed by atoms with Crippen LogP contribution in [0.4, 0.5) is 5.13 Å². The van der Waals surface area contributed by atoms with Gasteiger partial charge < -0.3 is 4.42 Å². The van der Waals surface area contributed by atoms with Crippen molar-refractivity contribution in [2.45, 2.75) is 0 Å². The number of rotatable bonds is 4. The van der Waals surface area contributed by atoms with Crippen LogP contribution >= 0.6 is 54.8 Å². The second-order valence-electron chi connectivity index (χ2n) is 5.71. The Balaban J connectivity index is 1.59. The summed E-state index contributed by atoms with van der Waals surface area (Å²) < 4.78 is 7.06. The predicted molar refractivity (Wildman–Crippen MR) is 122 cm³/mol. The molecule has 5 nitrogen and oxygen atoms in total. The third kappa shape index (κ3) is 4.20. The summed E-state index contributed by atoms with van der Waals surface area (Å²) in [6, 6.07) is 12.8. The van der Waals surface area contributed by atoms with Gasteiger partial charge in [-0.3, -0.25) is 5.43 Å². The van der Waals surface area contributed by atoms with Crippen LogP contribution in [0, 0.1) is 0 Å². The van der Waals surface area contributed by atoms with Crippen LogP contribution < -0.4 is 11.1 Å². The van der Waals surface area contributed by atoms with E-state index in [1.807, 2.05) is 24.3 Å². The molecule has 0 amide bonds. The summed E-state index contributed by atoms with van der Waals surface area (Å²) in [6.45, 7) is 0. The fraction of sp³-hybridized carbons (Fsp3) is 0. The summed E-state index contributed by atoms with van der Waals surface area (Å²) in [5, 5.41) is 7.97. The maximum absolute atomic E-state index is 12.4. The molecule has 0 aliphatic rings. The average molecular weight is 540 g/mol. The highest BCUT2D eigenvalue weighted by atomic mass is 79.9. The van der Waals surface area contributed by atoms with Gasteiger partial charge in [-0.1, -0.05) is 39.7 Å². The number of nitrogens with one attached hydrogen (secondary N) is 1. The summed E-state index contributed by atoms with van der Waals surface area (Å²) in [7, 11) is 0. The van der Waals surface area contributed by atoms with Gasteiger partial charge in [-0.15, -0.1) is 11.3 Å². The molecule has 2 aromatic carbocycles. The van der Waals surface area contributed by atoms with Gasteiger partial charge in [0.1, 0.15) is 0 Å². The van der Waals surface area contributed by atoms with Crippen molar-refractivity contribution >= 4 is 77.1 Å². The maximum atomic E-state index is 12.4. The largest absolute Gasteiger partial charge is 0.421 e. The molecule has 0 aliphatic heterocycles. The van der Waals surface area contributed by atoms with Crippen LogP contribution in [-0.2, 0) is 0 Å². The number of benzene rings is 2. The van der Waals surface area contributed by atoms with Crippen LogP contribution in [0.15, 0.2) is 71.1 Å². The molecular formula is C19H10Br2ClN3O2S. The molecule has 0 fully saturated rings. The lowest BCUT2D eigenvalue weighted by atomic mass is 10.1. The average Bonchev–Trinajstić information content (AvgIpc) is 3.12. The molecule has 0 radical (unpaired) electrons. The van der Waals surface area contributed by atoms with Gasteiger partial charge in [0.2, 0.25) is 5.13 Å². The van der Waals surface area contributed by atoms with Crippen molar-refractivity contribution in [2.75, 3.05) is 5.43 Å². The minimum absolute atomic E-state index is 0.392. The van der Waals surface area contributed by atoms with Gasteiger partial charge >= 0.3 is 5.63 Å². The van der Waals surface area contributed by atoms with Crippen molar-refractivity contribution in [3.05, 3.63) is 77.8 Å². The van der Waals surface area contributed by atoms with Gasteiger partial charge in [-0.05, 0) is 51.8 Å². The van der Waals surface area contributed by atoms with Gasteiger partial charge in [0.05, 0.1) is 21.9 Å². The molecule has 2 heterocycles. The number of hydrogen-bond donors (Lipinski definition) is 1. The predicted octanol–water partition coefficient (Wildman–Crippen LogP) is 6.54. The van der Waals surface area contributed by atoms with Crippen molar-refractivity contribution in [2.24, 2.45) is 5.10 Å². The molecule has 0 atom stereocenters. The minimum Gasteiger partial charge on any atom is -0.421 e. The molecule has 4 aromatic rings. The lowest BCUT2D eigenvalue weighted by Crippen LogP contribution is -2.03. The van der Waals surface area contributed by atoms with Crippen LogP contribution in [0.2, 0.25) is 5.02 Å². The number of thiazole rings is 1. The first-order valence-electron chi connectivity index (χ1n) is 7.93. The zero-order valence-corrected chi connectivity index (χ0v) is 18.7. The highest BCUT2D eigenvalue weighted by Gasteiger charge is 2.13. The Morgan fingerprint density at radius 3 is 2.75 bits per heavy atom. The second kappa shape index (κ2) is 8.16. The van der Waals surface area contributed by atoms with E-state index in [4.69, 9.17) is 16.0 Å². The number of hydrazone groups is 1. The Bertz CT molecular complexity index is 1250. The molecule has 2 aromatic heterocycles. The molecule has 140 valence electrons. The highest BCUT2D eigenvalue weighted by Crippen LogP contribution is 2.31. The first-order valence-corrected chi connectivity index (χ1v) is 10.8. The van der Waals surface area contributed by atoms with Gasteiger partial charge in [0.25, 0.3) is 0 Å². The lowest BCUT2D eigenvalue weighted by Gasteiger charge is -2.03. The number of anilines is 1. The Labute approximate surface area is 185 Å². The zero-order valence-electron chi connectivity index (χ0n) is 13.9. The van der Waals surface area contributed by atoms with E-state index >= 15 is 0 Å². The van der Waals surface area contributed by atoms with Crippen LogP contribution in [0.5, 0.6) is 0 Å². The fourth-order valence-electron chi connectivity index (χ4n) is 2.50. The monoisotopic (exact) mass is 537 g/mol. The first-order chi connectivity index (χ1) is 13.5. The molecule has 1 N–H and O–H groups in total.